The molecule has 106 valence electrons. The average Bonchev–Trinajstić information content (AvgIpc) is 2.80. The van der Waals surface area contributed by atoms with E-state index in [0.29, 0.717) is 0 Å². The van der Waals surface area contributed by atoms with E-state index in [0.717, 1.165) is 30.3 Å². The first-order valence-electron chi connectivity index (χ1n) is 7.26. The molecular formula is C15H20N4S. The van der Waals surface area contributed by atoms with Crippen molar-refractivity contribution >= 4 is 22.2 Å². The highest BCUT2D eigenvalue weighted by molar-refractivity contribution is 7.10. The molecule has 2 aromatic rings. The lowest BCUT2D eigenvalue weighted by molar-refractivity contribution is 0.707. The molecule has 1 aromatic carbocycles. The minimum atomic E-state index is 0.843. The molecule has 1 aromatic heterocycles. The Morgan fingerprint density at radius 2 is 2.20 bits per heavy atom. The van der Waals surface area contributed by atoms with Gasteiger partial charge >= 0.3 is 0 Å². The van der Waals surface area contributed by atoms with Gasteiger partial charge in [-0.2, -0.15) is 0 Å². The van der Waals surface area contributed by atoms with Gasteiger partial charge in [0.2, 0.25) is 0 Å². The van der Waals surface area contributed by atoms with Gasteiger partial charge in [0.05, 0.1) is 6.54 Å². The topological polar surface area (TPSA) is 41.1 Å². The maximum absolute atomic E-state index is 4.30. The number of fused-ring (bicyclic) bond motifs is 1. The minimum Gasteiger partial charge on any atom is -0.374 e. The Morgan fingerprint density at radius 1 is 1.30 bits per heavy atom. The highest BCUT2D eigenvalue weighted by atomic mass is 32.1. The summed E-state index contributed by atoms with van der Waals surface area (Å²) in [6.45, 7) is 4.95. The largest absolute Gasteiger partial charge is 0.374 e. The Labute approximate surface area is 124 Å². The van der Waals surface area contributed by atoms with Crippen LogP contribution in [-0.4, -0.2) is 22.7 Å². The molecule has 0 unspecified atom stereocenters. The van der Waals surface area contributed by atoms with Gasteiger partial charge in [0, 0.05) is 30.3 Å². The van der Waals surface area contributed by atoms with Crippen LogP contribution in [-0.2, 0) is 13.0 Å². The molecule has 0 atom stereocenters. The van der Waals surface area contributed by atoms with Crippen LogP contribution in [0.1, 0.15) is 31.0 Å². The number of aromatic nitrogens is 2. The number of hydrogen-bond acceptors (Lipinski definition) is 5. The number of para-hydroxylation sites is 1. The number of anilines is 2. The molecule has 20 heavy (non-hydrogen) atoms. The lowest BCUT2D eigenvalue weighted by atomic mass is 10.1. The highest BCUT2D eigenvalue weighted by Gasteiger charge is 2.17. The quantitative estimate of drug-likeness (QED) is 0.937. The zero-order valence-corrected chi connectivity index (χ0v) is 12.6. The van der Waals surface area contributed by atoms with Gasteiger partial charge in [-0.1, -0.05) is 22.7 Å². The average molecular weight is 288 g/mol. The van der Waals surface area contributed by atoms with Crippen molar-refractivity contribution in [3.63, 3.8) is 0 Å². The normalized spacial score (nSPS) is 14.8. The molecule has 0 aliphatic carbocycles. The Balaban J connectivity index is 1.85. The van der Waals surface area contributed by atoms with E-state index >= 15 is 0 Å². The lowest BCUT2D eigenvalue weighted by Gasteiger charge is -2.24. The highest BCUT2D eigenvalue weighted by Crippen LogP contribution is 2.29. The van der Waals surface area contributed by atoms with Crippen molar-refractivity contribution in [3.05, 3.63) is 35.5 Å². The fourth-order valence-electron chi connectivity index (χ4n) is 2.72. The molecule has 5 heteroatoms. The molecule has 3 rings (SSSR count). The summed E-state index contributed by atoms with van der Waals surface area (Å²) >= 11 is 1.45. The van der Waals surface area contributed by atoms with E-state index in [9.17, 15) is 0 Å². The number of hydrogen-bond donors (Lipinski definition) is 1. The zero-order chi connectivity index (χ0) is 13.8. The van der Waals surface area contributed by atoms with E-state index in [-0.39, 0.29) is 0 Å². The van der Waals surface area contributed by atoms with Gasteiger partial charge in [0.15, 0.2) is 0 Å². The van der Waals surface area contributed by atoms with E-state index in [1.807, 2.05) is 0 Å². The Hall–Kier alpha value is -1.62. The van der Waals surface area contributed by atoms with Crippen LogP contribution < -0.4 is 10.2 Å². The third kappa shape index (κ3) is 2.77. The third-order valence-electron chi connectivity index (χ3n) is 3.69. The second kappa shape index (κ2) is 6.22. The molecule has 4 nitrogen and oxygen atoms in total. The van der Waals surface area contributed by atoms with Gasteiger partial charge < -0.3 is 10.2 Å². The van der Waals surface area contributed by atoms with Crippen molar-refractivity contribution in [2.24, 2.45) is 0 Å². The molecule has 2 heterocycles. The van der Waals surface area contributed by atoms with Crippen LogP contribution in [0.5, 0.6) is 0 Å². The molecular weight excluding hydrogens is 268 g/mol. The molecule has 1 aliphatic rings. The molecule has 1 aliphatic heterocycles. The van der Waals surface area contributed by atoms with Crippen LogP contribution in [0.4, 0.5) is 10.7 Å². The molecule has 0 bridgehead atoms. The Kier molecular flexibility index (Phi) is 4.16. The van der Waals surface area contributed by atoms with E-state index in [1.165, 1.54) is 42.0 Å². The van der Waals surface area contributed by atoms with Crippen molar-refractivity contribution in [2.45, 2.75) is 32.7 Å². The summed E-state index contributed by atoms with van der Waals surface area (Å²) in [6.07, 6.45) is 3.69. The van der Waals surface area contributed by atoms with Crippen LogP contribution in [0, 0.1) is 0 Å². The van der Waals surface area contributed by atoms with E-state index in [1.54, 1.807) is 0 Å². The smallest absolute Gasteiger partial charge is 0.135 e. The number of nitrogens with zero attached hydrogens (tertiary/aromatic N) is 3. The molecule has 0 radical (unpaired) electrons. The molecule has 0 saturated carbocycles. The van der Waals surface area contributed by atoms with Gasteiger partial charge in [-0.05, 0) is 37.8 Å². The SMILES string of the molecule is CCNc1snnc1CN1CCCCc2ccccc21. The second-order valence-electron chi connectivity index (χ2n) is 5.09. The van der Waals surface area contributed by atoms with Crippen LogP contribution in [0.15, 0.2) is 24.3 Å². The number of nitrogens with one attached hydrogen (secondary N) is 1. The van der Waals surface area contributed by atoms with Crippen LogP contribution >= 0.6 is 11.5 Å². The van der Waals surface area contributed by atoms with E-state index in [2.05, 4.69) is 51.0 Å². The summed E-state index contributed by atoms with van der Waals surface area (Å²) in [5.41, 5.74) is 3.88. The van der Waals surface area contributed by atoms with Crippen LogP contribution in [0.25, 0.3) is 0 Å². The summed E-state index contributed by atoms with van der Waals surface area (Å²) in [5, 5.41) is 8.75. The summed E-state index contributed by atoms with van der Waals surface area (Å²) in [6, 6.07) is 8.74. The summed E-state index contributed by atoms with van der Waals surface area (Å²) in [4.78, 5) is 2.44. The summed E-state index contributed by atoms with van der Waals surface area (Å²) in [5.74, 6) is 0. The predicted molar refractivity (Wildman–Crippen MR) is 84.5 cm³/mol. The standard InChI is InChI=1S/C15H20N4S/c1-2-16-15-13(17-18-20-15)11-19-10-6-5-8-12-7-3-4-9-14(12)19/h3-4,7,9,16H,2,5-6,8,10-11H2,1H3. The molecule has 1 N–H and O–H groups in total. The zero-order valence-electron chi connectivity index (χ0n) is 11.8. The first-order valence-corrected chi connectivity index (χ1v) is 8.03. The minimum absolute atomic E-state index is 0.843. The van der Waals surface area contributed by atoms with Crippen LogP contribution in [0.3, 0.4) is 0 Å². The lowest BCUT2D eigenvalue weighted by Crippen LogP contribution is -2.24. The monoisotopic (exact) mass is 288 g/mol. The molecule has 0 amide bonds. The Morgan fingerprint density at radius 3 is 3.10 bits per heavy atom. The van der Waals surface area contributed by atoms with Crippen LogP contribution in [0.2, 0.25) is 0 Å². The first-order chi connectivity index (χ1) is 9.88. The van der Waals surface area contributed by atoms with Crippen molar-refractivity contribution < 1.29 is 0 Å². The molecule has 0 fully saturated rings. The third-order valence-corrected chi connectivity index (χ3v) is 4.42. The maximum atomic E-state index is 4.30. The summed E-state index contributed by atoms with van der Waals surface area (Å²) in [7, 11) is 0. The number of benzene rings is 1. The van der Waals surface area contributed by atoms with Gasteiger partial charge in [-0.15, -0.1) is 5.10 Å². The number of aryl methyl sites for hydroxylation is 1. The van der Waals surface area contributed by atoms with E-state index < -0.39 is 0 Å². The van der Waals surface area contributed by atoms with Crippen molar-refractivity contribution in [3.8, 4) is 0 Å². The van der Waals surface area contributed by atoms with Crippen molar-refractivity contribution in [2.75, 3.05) is 23.3 Å². The van der Waals surface area contributed by atoms with Gasteiger partial charge in [-0.25, -0.2) is 0 Å². The summed E-state index contributed by atoms with van der Waals surface area (Å²) < 4.78 is 4.09. The van der Waals surface area contributed by atoms with Crippen molar-refractivity contribution in [1.82, 2.24) is 9.59 Å². The van der Waals surface area contributed by atoms with Gasteiger partial charge in [0.25, 0.3) is 0 Å². The number of rotatable bonds is 4. The van der Waals surface area contributed by atoms with Gasteiger partial charge in [0.1, 0.15) is 10.7 Å². The fourth-order valence-corrected chi connectivity index (χ4v) is 3.36. The molecule has 0 spiro atoms. The van der Waals surface area contributed by atoms with E-state index in [4.69, 9.17) is 0 Å². The second-order valence-corrected chi connectivity index (χ2v) is 5.84. The first kappa shape index (κ1) is 13.4. The predicted octanol–water partition coefficient (Wildman–Crippen LogP) is 3.31. The molecule has 0 saturated heterocycles. The Bertz CT molecular complexity index is 567. The van der Waals surface area contributed by atoms with Crippen molar-refractivity contribution in [1.29, 1.82) is 0 Å². The maximum Gasteiger partial charge on any atom is 0.135 e. The van der Waals surface area contributed by atoms with Gasteiger partial charge in [-0.3, -0.25) is 0 Å². The fraction of sp³-hybridized carbons (Fsp3) is 0.467.